The molecule has 0 aliphatic carbocycles. The van der Waals surface area contributed by atoms with Crippen molar-refractivity contribution in [3.05, 3.63) is 41.4 Å². The summed E-state index contributed by atoms with van der Waals surface area (Å²) in [7, 11) is 3.85. The Labute approximate surface area is 133 Å². The van der Waals surface area contributed by atoms with Crippen molar-refractivity contribution in [3.63, 3.8) is 0 Å². The van der Waals surface area contributed by atoms with E-state index in [0.717, 1.165) is 6.54 Å². The van der Waals surface area contributed by atoms with E-state index in [9.17, 15) is 9.59 Å². The van der Waals surface area contributed by atoms with E-state index in [4.69, 9.17) is 4.52 Å². The summed E-state index contributed by atoms with van der Waals surface area (Å²) in [5.41, 5.74) is 0.506. The third-order valence-electron chi connectivity index (χ3n) is 2.97. The fourth-order valence-electron chi connectivity index (χ4n) is 1.80. The first-order valence-electron chi connectivity index (χ1n) is 7.09. The van der Waals surface area contributed by atoms with E-state index in [1.54, 1.807) is 19.1 Å². The molecule has 0 aliphatic rings. The lowest BCUT2D eigenvalue weighted by atomic mass is 10.2. The molecule has 0 unspecified atom stereocenters. The third kappa shape index (κ3) is 4.89. The summed E-state index contributed by atoms with van der Waals surface area (Å²) >= 11 is 0. The van der Waals surface area contributed by atoms with Crippen LogP contribution in [0.15, 0.2) is 28.9 Å². The smallest absolute Gasteiger partial charge is 0.275 e. The number of likely N-dealkylation sites (N-methyl/N-ethyl adjacent to an activating group) is 1. The van der Waals surface area contributed by atoms with Crippen molar-refractivity contribution >= 4 is 17.6 Å². The second kappa shape index (κ2) is 7.50. The number of carbonyl (C=O) groups excluding carboxylic acids is 2. The molecular weight excluding hydrogens is 298 g/mol. The molecule has 122 valence electrons. The van der Waals surface area contributed by atoms with Crippen molar-refractivity contribution in [1.29, 1.82) is 0 Å². The van der Waals surface area contributed by atoms with E-state index < -0.39 is 5.91 Å². The van der Waals surface area contributed by atoms with Crippen LogP contribution in [0.2, 0.25) is 0 Å². The van der Waals surface area contributed by atoms with E-state index in [1.165, 1.54) is 12.3 Å². The zero-order chi connectivity index (χ0) is 16.8. The highest BCUT2D eigenvalue weighted by Gasteiger charge is 2.13. The van der Waals surface area contributed by atoms with Gasteiger partial charge in [-0.2, -0.15) is 0 Å². The maximum atomic E-state index is 12.1. The summed E-state index contributed by atoms with van der Waals surface area (Å²) in [5, 5.41) is 9.02. The predicted octanol–water partition coefficient (Wildman–Crippen LogP) is 0.922. The van der Waals surface area contributed by atoms with Crippen molar-refractivity contribution in [2.24, 2.45) is 0 Å². The molecule has 0 saturated carbocycles. The minimum atomic E-state index is -0.457. The molecule has 23 heavy (non-hydrogen) atoms. The van der Waals surface area contributed by atoms with E-state index in [1.807, 2.05) is 19.0 Å². The molecule has 0 radical (unpaired) electrons. The average Bonchev–Trinajstić information content (AvgIpc) is 2.92. The standard InChI is InChI=1S/C15H19N5O3/c1-10-8-13(19-23-10)18-15(22)12-9-11(4-5-16-12)14(21)17-6-7-20(2)3/h4-5,8-9H,6-7H2,1-3H3,(H,17,21)(H,18,19,22). The molecule has 0 aromatic carbocycles. The van der Waals surface area contributed by atoms with Crippen LogP contribution >= 0.6 is 0 Å². The maximum absolute atomic E-state index is 12.1. The Bertz CT molecular complexity index is 696. The van der Waals surface area contributed by atoms with Gasteiger partial charge in [-0.05, 0) is 33.2 Å². The van der Waals surface area contributed by atoms with E-state index in [-0.39, 0.29) is 11.6 Å². The first-order valence-corrected chi connectivity index (χ1v) is 7.09. The third-order valence-corrected chi connectivity index (χ3v) is 2.97. The number of pyridine rings is 1. The van der Waals surface area contributed by atoms with Crippen LogP contribution in [0.3, 0.4) is 0 Å². The molecule has 0 bridgehead atoms. The van der Waals surface area contributed by atoms with Gasteiger partial charge >= 0.3 is 0 Å². The van der Waals surface area contributed by atoms with Gasteiger partial charge in [0.05, 0.1) is 0 Å². The zero-order valence-electron chi connectivity index (χ0n) is 13.3. The minimum Gasteiger partial charge on any atom is -0.360 e. The maximum Gasteiger partial charge on any atom is 0.275 e. The summed E-state index contributed by atoms with van der Waals surface area (Å²) in [4.78, 5) is 30.1. The molecule has 0 spiro atoms. The molecule has 0 saturated heterocycles. The average molecular weight is 317 g/mol. The number of aryl methyl sites for hydroxylation is 1. The summed E-state index contributed by atoms with van der Waals surface area (Å²) in [6.07, 6.45) is 1.42. The lowest BCUT2D eigenvalue weighted by molar-refractivity contribution is 0.0951. The zero-order valence-corrected chi connectivity index (χ0v) is 13.3. The molecule has 8 nitrogen and oxygen atoms in total. The van der Waals surface area contributed by atoms with Crippen molar-refractivity contribution < 1.29 is 14.1 Å². The van der Waals surface area contributed by atoms with Gasteiger partial charge in [-0.15, -0.1) is 0 Å². The summed E-state index contributed by atoms with van der Waals surface area (Å²) in [6, 6.07) is 4.59. The Kier molecular flexibility index (Phi) is 5.42. The van der Waals surface area contributed by atoms with Gasteiger partial charge in [-0.3, -0.25) is 14.6 Å². The Hall–Kier alpha value is -2.74. The summed E-state index contributed by atoms with van der Waals surface area (Å²) < 4.78 is 4.87. The van der Waals surface area contributed by atoms with Gasteiger partial charge in [0.2, 0.25) is 0 Å². The van der Waals surface area contributed by atoms with Gasteiger partial charge in [-0.1, -0.05) is 5.16 Å². The molecule has 2 aromatic rings. The van der Waals surface area contributed by atoms with Crippen LogP contribution in [0.25, 0.3) is 0 Å². The number of rotatable bonds is 6. The second-order valence-corrected chi connectivity index (χ2v) is 5.27. The summed E-state index contributed by atoms with van der Waals surface area (Å²) in [5.74, 6) is 0.180. The molecule has 2 rings (SSSR count). The normalized spacial score (nSPS) is 10.6. The Morgan fingerprint density at radius 1 is 1.26 bits per heavy atom. The molecule has 8 heteroatoms. The second-order valence-electron chi connectivity index (χ2n) is 5.27. The van der Waals surface area contributed by atoms with Crippen LogP contribution in [0, 0.1) is 6.92 Å². The Morgan fingerprint density at radius 2 is 2.04 bits per heavy atom. The van der Waals surface area contributed by atoms with Crippen LogP contribution in [-0.2, 0) is 0 Å². The number of nitrogens with one attached hydrogen (secondary N) is 2. The highest BCUT2D eigenvalue weighted by Crippen LogP contribution is 2.09. The van der Waals surface area contributed by atoms with Crippen LogP contribution in [0.5, 0.6) is 0 Å². The molecule has 2 N–H and O–H groups in total. The summed E-state index contributed by atoms with van der Waals surface area (Å²) in [6.45, 7) is 2.98. The van der Waals surface area contributed by atoms with Crippen molar-refractivity contribution in [1.82, 2.24) is 20.4 Å². The number of amides is 2. The number of anilines is 1. The van der Waals surface area contributed by atoms with Crippen molar-refractivity contribution in [2.45, 2.75) is 6.92 Å². The van der Waals surface area contributed by atoms with Gasteiger partial charge in [0.25, 0.3) is 11.8 Å². The van der Waals surface area contributed by atoms with Crippen LogP contribution in [0.4, 0.5) is 5.82 Å². The van der Waals surface area contributed by atoms with Gasteiger partial charge < -0.3 is 20.1 Å². The first-order chi connectivity index (χ1) is 11.0. The fraction of sp³-hybridized carbons (Fsp3) is 0.333. The quantitative estimate of drug-likeness (QED) is 0.822. The number of hydrogen-bond acceptors (Lipinski definition) is 6. The van der Waals surface area contributed by atoms with Gasteiger partial charge in [0.15, 0.2) is 5.82 Å². The largest absolute Gasteiger partial charge is 0.360 e. The number of aromatic nitrogens is 2. The molecule has 2 amide bonds. The molecule has 0 atom stereocenters. The van der Waals surface area contributed by atoms with Gasteiger partial charge in [0, 0.05) is 30.9 Å². The molecule has 2 aromatic heterocycles. The molecular formula is C15H19N5O3. The van der Waals surface area contributed by atoms with E-state index >= 15 is 0 Å². The van der Waals surface area contributed by atoms with Crippen LogP contribution in [0.1, 0.15) is 26.6 Å². The molecule has 0 fully saturated rings. The lowest BCUT2D eigenvalue weighted by Crippen LogP contribution is -2.31. The lowest BCUT2D eigenvalue weighted by Gasteiger charge is -2.10. The molecule has 0 aliphatic heterocycles. The Balaban J connectivity index is 2.01. The van der Waals surface area contributed by atoms with Crippen molar-refractivity contribution in [3.8, 4) is 0 Å². The van der Waals surface area contributed by atoms with E-state index in [0.29, 0.717) is 23.7 Å². The van der Waals surface area contributed by atoms with Crippen LogP contribution < -0.4 is 10.6 Å². The first kappa shape index (κ1) is 16.6. The van der Waals surface area contributed by atoms with Crippen molar-refractivity contribution in [2.75, 3.05) is 32.5 Å². The number of nitrogens with zero attached hydrogens (tertiary/aromatic N) is 3. The molecule has 2 heterocycles. The number of hydrogen-bond donors (Lipinski definition) is 2. The fourth-order valence-corrected chi connectivity index (χ4v) is 1.80. The predicted molar refractivity (Wildman–Crippen MR) is 84.3 cm³/mol. The topological polar surface area (TPSA) is 100 Å². The van der Waals surface area contributed by atoms with E-state index in [2.05, 4.69) is 20.8 Å². The van der Waals surface area contributed by atoms with Crippen LogP contribution in [-0.4, -0.2) is 54.0 Å². The monoisotopic (exact) mass is 317 g/mol. The van der Waals surface area contributed by atoms with Gasteiger partial charge in [0.1, 0.15) is 11.5 Å². The highest BCUT2D eigenvalue weighted by molar-refractivity contribution is 6.04. The number of carbonyl (C=O) groups is 2. The minimum absolute atomic E-state index is 0.130. The Morgan fingerprint density at radius 3 is 2.70 bits per heavy atom. The highest BCUT2D eigenvalue weighted by atomic mass is 16.5. The van der Waals surface area contributed by atoms with Gasteiger partial charge in [-0.25, -0.2) is 0 Å². The SMILES string of the molecule is Cc1cc(NC(=O)c2cc(C(=O)NCCN(C)C)ccn2)no1.